The van der Waals surface area contributed by atoms with Crippen LogP contribution in [0.25, 0.3) is 23.0 Å². The van der Waals surface area contributed by atoms with E-state index in [9.17, 15) is 10.1 Å². The Bertz CT molecular complexity index is 825. The predicted octanol–water partition coefficient (Wildman–Crippen LogP) is 3.29. The zero-order valence-corrected chi connectivity index (χ0v) is 13.0. The summed E-state index contributed by atoms with van der Waals surface area (Å²) >= 11 is 3.40. The minimum Gasteiger partial charge on any atom is -0.332 e. The van der Waals surface area contributed by atoms with Crippen LogP contribution in [0.15, 0.2) is 39.5 Å². The van der Waals surface area contributed by atoms with Gasteiger partial charge in [0, 0.05) is 30.4 Å². The van der Waals surface area contributed by atoms with Crippen LogP contribution < -0.4 is 0 Å². The van der Waals surface area contributed by atoms with Crippen LogP contribution in [-0.4, -0.2) is 24.8 Å². The molecule has 0 spiro atoms. The second-order valence-corrected chi connectivity index (χ2v) is 5.26. The van der Waals surface area contributed by atoms with Crippen LogP contribution >= 0.6 is 15.9 Å². The highest BCUT2D eigenvalue weighted by atomic mass is 79.9. The van der Waals surface area contributed by atoms with Crippen molar-refractivity contribution < 1.29 is 9.45 Å². The predicted molar refractivity (Wildman–Crippen MR) is 81.0 cm³/mol. The van der Waals surface area contributed by atoms with Gasteiger partial charge in [-0.15, -0.1) is 0 Å². The lowest BCUT2D eigenvalue weighted by Gasteiger charge is -1.93. The minimum absolute atomic E-state index is 0.0110. The molecule has 0 bridgehead atoms. The third-order valence-electron chi connectivity index (χ3n) is 3.01. The molecule has 0 aliphatic carbocycles. The van der Waals surface area contributed by atoms with E-state index in [2.05, 4.69) is 31.2 Å². The standard InChI is InChI=1S/C13H10BrN5O3/c1-2-18-7-10(14)11(16-18)13-15-12(17-22-13)8-3-5-9(6-4-8)19(20)21/h3-7H,2H2,1H3. The number of nitro benzene ring substituents is 1. The van der Waals surface area contributed by atoms with Gasteiger partial charge in [0.05, 0.1) is 9.40 Å². The zero-order valence-electron chi connectivity index (χ0n) is 11.4. The summed E-state index contributed by atoms with van der Waals surface area (Å²) in [6, 6.07) is 5.94. The molecule has 1 aromatic carbocycles. The van der Waals surface area contributed by atoms with Crippen molar-refractivity contribution in [3.8, 4) is 23.0 Å². The van der Waals surface area contributed by atoms with Gasteiger partial charge >= 0.3 is 0 Å². The lowest BCUT2D eigenvalue weighted by molar-refractivity contribution is -0.384. The first kappa shape index (κ1) is 14.4. The molecule has 9 heteroatoms. The number of aryl methyl sites for hydroxylation is 1. The SMILES string of the molecule is CCn1cc(Br)c(-c2nc(-c3ccc([N+](=O)[O-])cc3)no2)n1. The second-order valence-electron chi connectivity index (χ2n) is 4.41. The Hall–Kier alpha value is -2.55. The monoisotopic (exact) mass is 363 g/mol. The second kappa shape index (κ2) is 5.68. The Morgan fingerprint density at radius 1 is 1.36 bits per heavy atom. The molecule has 0 aliphatic heterocycles. The van der Waals surface area contributed by atoms with Crippen LogP contribution in [-0.2, 0) is 6.54 Å². The third kappa shape index (κ3) is 2.62. The van der Waals surface area contributed by atoms with E-state index in [1.165, 1.54) is 12.1 Å². The number of hydrogen-bond donors (Lipinski definition) is 0. The van der Waals surface area contributed by atoms with E-state index in [-0.39, 0.29) is 11.6 Å². The average molecular weight is 364 g/mol. The van der Waals surface area contributed by atoms with Crippen molar-refractivity contribution >= 4 is 21.6 Å². The molecule has 3 aromatic rings. The summed E-state index contributed by atoms with van der Waals surface area (Å²) in [5, 5.41) is 18.9. The van der Waals surface area contributed by atoms with Crippen LogP contribution in [0.5, 0.6) is 0 Å². The molecular weight excluding hydrogens is 354 g/mol. The smallest absolute Gasteiger partial charge is 0.279 e. The molecule has 0 N–H and O–H groups in total. The Morgan fingerprint density at radius 3 is 2.68 bits per heavy atom. The number of nitrogens with zero attached hydrogens (tertiary/aromatic N) is 5. The molecule has 0 saturated heterocycles. The highest BCUT2D eigenvalue weighted by molar-refractivity contribution is 9.10. The molecule has 112 valence electrons. The summed E-state index contributed by atoms with van der Waals surface area (Å²) in [5.41, 5.74) is 1.20. The maximum atomic E-state index is 10.6. The Morgan fingerprint density at radius 2 is 2.09 bits per heavy atom. The minimum atomic E-state index is -0.458. The molecule has 0 unspecified atom stereocenters. The molecule has 22 heavy (non-hydrogen) atoms. The molecular formula is C13H10BrN5O3. The fourth-order valence-corrected chi connectivity index (χ4v) is 2.36. The normalized spacial score (nSPS) is 10.8. The first-order valence-electron chi connectivity index (χ1n) is 6.40. The van der Waals surface area contributed by atoms with Crippen LogP contribution in [0.1, 0.15) is 6.92 Å². The first-order valence-corrected chi connectivity index (χ1v) is 7.19. The molecule has 2 heterocycles. The van der Waals surface area contributed by atoms with E-state index in [4.69, 9.17) is 4.52 Å². The lowest BCUT2D eigenvalue weighted by Crippen LogP contribution is -1.93. The van der Waals surface area contributed by atoms with Gasteiger partial charge < -0.3 is 4.52 Å². The zero-order chi connectivity index (χ0) is 15.7. The van der Waals surface area contributed by atoms with Crippen LogP contribution in [0.3, 0.4) is 0 Å². The maximum Gasteiger partial charge on any atom is 0.279 e. The van der Waals surface area contributed by atoms with Gasteiger partial charge in [-0.3, -0.25) is 14.8 Å². The van der Waals surface area contributed by atoms with E-state index in [1.54, 1.807) is 16.8 Å². The molecule has 3 rings (SSSR count). The van der Waals surface area contributed by atoms with Crippen molar-refractivity contribution in [3.63, 3.8) is 0 Å². The maximum absolute atomic E-state index is 10.6. The number of non-ortho nitro benzene ring substituents is 1. The largest absolute Gasteiger partial charge is 0.332 e. The van der Waals surface area contributed by atoms with E-state index in [0.29, 0.717) is 17.1 Å². The van der Waals surface area contributed by atoms with E-state index >= 15 is 0 Å². The summed E-state index contributed by atoms with van der Waals surface area (Å²) in [4.78, 5) is 14.5. The highest BCUT2D eigenvalue weighted by Gasteiger charge is 2.17. The number of rotatable bonds is 4. The van der Waals surface area contributed by atoms with Gasteiger partial charge in [0.2, 0.25) is 5.82 Å². The number of hydrogen-bond acceptors (Lipinski definition) is 6. The number of benzene rings is 1. The van der Waals surface area contributed by atoms with Gasteiger partial charge in [-0.05, 0) is 35.0 Å². The molecule has 0 amide bonds. The molecule has 0 aliphatic rings. The van der Waals surface area contributed by atoms with Crippen molar-refractivity contribution in [1.82, 2.24) is 19.9 Å². The summed E-state index contributed by atoms with van der Waals surface area (Å²) in [7, 11) is 0. The molecule has 8 nitrogen and oxygen atoms in total. The topological polar surface area (TPSA) is 99.9 Å². The fraction of sp³-hybridized carbons (Fsp3) is 0.154. The van der Waals surface area contributed by atoms with Crippen molar-refractivity contribution in [2.45, 2.75) is 13.5 Å². The van der Waals surface area contributed by atoms with Gasteiger partial charge in [0.1, 0.15) is 0 Å². The van der Waals surface area contributed by atoms with Gasteiger partial charge in [-0.2, -0.15) is 10.1 Å². The van der Waals surface area contributed by atoms with Crippen molar-refractivity contribution in [1.29, 1.82) is 0 Å². The highest BCUT2D eigenvalue weighted by Crippen LogP contribution is 2.27. The Labute approximate surface area is 133 Å². The van der Waals surface area contributed by atoms with Crippen molar-refractivity contribution in [2.24, 2.45) is 0 Å². The van der Waals surface area contributed by atoms with Crippen LogP contribution in [0.2, 0.25) is 0 Å². The summed E-state index contributed by atoms with van der Waals surface area (Å²) < 4.78 is 7.72. The van der Waals surface area contributed by atoms with Crippen LogP contribution in [0, 0.1) is 10.1 Å². The van der Waals surface area contributed by atoms with E-state index in [0.717, 1.165) is 11.0 Å². The third-order valence-corrected chi connectivity index (χ3v) is 3.59. The first-order chi connectivity index (χ1) is 10.6. The molecule has 0 radical (unpaired) electrons. The van der Waals surface area contributed by atoms with Crippen molar-refractivity contribution in [3.05, 3.63) is 45.0 Å². The van der Waals surface area contributed by atoms with Gasteiger partial charge in [0.15, 0.2) is 5.69 Å². The molecule has 0 atom stereocenters. The summed E-state index contributed by atoms with van der Waals surface area (Å²) in [5.74, 6) is 0.635. The number of aromatic nitrogens is 4. The number of nitro groups is 1. The van der Waals surface area contributed by atoms with Crippen LogP contribution in [0.4, 0.5) is 5.69 Å². The van der Waals surface area contributed by atoms with E-state index < -0.39 is 4.92 Å². The quantitative estimate of drug-likeness (QED) is 0.520. The lowest BCUT2D eigenvalue weighted by atomic mass is 10.2. The van der Waals surface area contributed by atoms with Gasteiger partial charge in [-0.25, -0.2) is 0 Å². The summed E-state index contributed by atoms with van der Waals surface area (Å²) in [6.45, 7) is 2.70. The number of halogens is 1. The Kier molecular flexibility index (Phi) is 3.72. The molecule has 0 saturated carbocycles. The molecule has 2 aromatic heterocycles. The average Bonchev–Trinajstić information content (AvgIpc) is 3.13. The molecule has 0 fully saturated rings. The van der Waals surface area contributed by atoms with Crippen molar-refractivity contribution in [2.75, 3.05) is 0 Å². The van der Waals surface area contributed by atoms with Gasteiger partial charge in [-0.1, -0.05) is 5.16 Å². The fourth-order valence-electron chi connectivity index (χ4n) is 1.87. The van der Waals surface area contributed by atoms with E-state index in [1.807, 2.05) is 13.1 Å². The van der Waals surface area contributed by atoms with Gasteiger partial charge in [0.25, 0.3) is 11.6 Å². The summed E-state index contributed by atoms with van der Waals surface area (Å²) in [6.07, 6.45) is 1.82. The Balaban J connectivity index is 1.93.